The highest BCUT2D eigenvalue weighted by molar-refractivity contribution is 5.89. The summed E-state index contributed by atoms with van der Waals surface area (Å²) in [7, 11) is 0. The minimum absolute atomic E-state index is 0.152. The number of hydrogen-bond acceptors (Lipinski definition) is 2. The highest BCUT2D eigenvalue weighted by Gasteiger charge is 2.61. The first-order chi connectivity index (χ1) is 14.4. The number of carbonyl (C=O) groups excluding carboxylic acids is 1. The molecule has 0 spiro atoms. The van der Waals surface area contributed by atoms with Gasteiger partial charge in [-0.2, -0.15) is 0 Å². The van der Waals surface area contributed by atoms with Crippen LogP contribution in [-0.4, -0.2) is 17.0 Å². The summed E-state index contributed by atoms with van der Waals surface area (Å²) in [4.78, 5) is 12.7. The van der Waals surface area contributed by atoms with E-state index in [0.717, 1.165) is 43.4 Å². The normalized spacial score (nSPS) is 43.6. The van der Waals surface area contributed by atoms with E-state index in [4.69, 9.17) is 0 Å². The van der Waals surface area contributed by atoms with Crippen molar-refractivity contribution in [2.45, 2.75) is 112 Å². The summed E-state index contributed by atoms with van der Waals surface area (Å²) in [6.07, 6.45) is 12.7. The maximum atomic E-state index is 12.7. The molecule has 1 N–H and O–H groups in total. The Morgan fingerprint density at radius 2 is 1.71 bits per heavy atom. The molecule has 0 aliphatic heterocycles. The Kier molecular flexibility index (Phi) is 6.07. The Bertz CT molecular complexity index is 733. The summed E-state index contributed by atoms with van der Waals surface area (Å²) in [5.74, 6) is 4.45. The van der Waals surface area contributed by atoms with Crippen LogP contribution < -0.4 is 0 Å². The zero-order valence-electron chi connectivity index (χ0n) is 21.3. The lowest BCUT2D eigenvalue weighted by Gasteiger charge is -2.60. The van der Waals surface area contributed by atoms with Gasteiger partial charge in [-0.15, -0.1) is 0 Å². The van der Waals surface area contributed by atoms with Gasteiger partial charge in [-0.25, -0.2) is 0 Å². The fourth-order valence-corrected chi connectivity index (χ4v) is 9.16. The number of Topliss-reactive ketones (excluding diaryl/α,β-unsaturated/α-hetero) is 1. The Labute approximate surface area is 191 Å². The van der Waals surface area contributed by atoms with Crippen molar-refractivity contribution in [1.29, 1.82) is 0 Å². The van der Waals surface area contributed by atoms with Crippen molar-refractivity contribution in [1.82, 2.24) is 0 Å². The summed E-state index contributed by atoms with van der Waals surface area (Å²) in [6, 6.07) is 0. The third-order valence-electron chi connectivity index (χ3n) is 11.1. The van der Waals surface area contributed by atoms with Crippen molar-refractivity contribution in [2.75, 3.05) is 0 Å². The highest BCUT2D eigenvalue weighted by atomic mass is 16.3. The zero-order chi connectivity index (χ0) is 22.8. The Morgan fingerprint density at radius 1 is 1.00 bits per heavy atom. The molecule has 0 bridgehead atoms. The molecule has 3 saturated carbocycles. The molecule has 0 amide bonds. The van der Waals surface area contributed by atoms with Crippen LogP contribution in [0.25, 0.3) is 0 Å². The molecule has 176 valence electrons. The number of hydrogen-bond donors (Lipinski definition) is 1. The molecule has 0 unspecified atom stereocenters. The van der Waals surface area contributed by atoms with Crippen LogP contribution in [0.2, 0.25) is 0 Å². The molecule has 31 heavy (non-hydrogen) atoms. The van der Waals surface area contributed by atoms with Gasteiger partial charge in [-0.05, 0) is 112 Å². The predicted octanol–water partition coefficient (Wildman–Crippen LogP) is 7.20. The zero-order valence-corrected chi connectivity index (χ0v) is 21.3. The summed E-state index contributed by atoms with van der Waals surface area (Å²) < 4.78 is 0. The van der Waals surface area contributed by atoms with Crippen LogP contribution in [0.5, 0.6) is 0 Å². The molecule has 0 heterocycles. The predicted molar refractivity (Wildman–Crippen MR) is 129 cm³/mol. The second-order valence-electron chi connectivity index (χ2n) is 13.3. The third-order valence-corrected chi connectivity index (χ3v) is 11.1. The van der Waals surface area contributed by atoms with Gasteiger partial charge in [-0.3, -0.25) is 4.79 Å². The maximum absolute atomic E-state index is 12.7. The van der Waals surface area contributed by atoms with Crippen molar-refractivity contribution in [2.24, 2.45) is 51.8 Å². The first-order valence-corrected chi connectivity index (χ1v) is 13.4. The van der Waals surface area contributed by atoms with Crippen molar-refractivity contribution >= 4 is 5.78 Å². The molecule has 4 rings (SSSR count). The van der Waals surface area contributed by atoms with Crippen LogP contribution in [0.4, 0.5) is 0 Å². The van der Waals surface area contributed by atoms with E-state index in [-0.39, 0.29) is 16.9 Å². The average Bonchev–Trinajstić information content (AvgIpc) is 3.06. The molecule has 3 fully saturated rings. The number of aliphatic hydroxyl groups excluding tert-OH is 1. The number of allylic oxidation sites excluding steroid dienone is 2. The van der Waals surface area contributed by atoms with Crippen LogP contribution in [0.3, 0.4) is 0 Å². The van der Waals surface area contributed by atoms with Gasteiger partial charge in [0, 0.05) is 11.8 Å². The molecule has 0 aromatic rings. The number of fused-ring (bicyclic) bond motifs is 5. The van der Waals surface area contributed by atoms with Crippen LogP contribution in [0, 0.1) is 51.8 Å². The highest BCUT2D eigenvalue weighted by Crippen LogP contribution is 2.68. The number of rotatable bonds is 5. The Balaban J connectivity index is 1.56. The van der Waals surface area contributed by atoms with Gasteiger partial charge in [0.15, 0.2) is 0 Å². The molecule has 0 aromatic carbocycles. The van der Waals surface area contributed by atoms with E-state index in [1.165, 1.54) is 37.7 Å². The van der Waals surface area contributed by atoms with Crippen LogP contribution in [-0.2, 0) is 4.79 Å². The lowest BCUT2D eigenvalue weighted by Crippen LogP contribution is -2.54. The van der Waals surface area contributed by atoms with E-state index in [2.05, 4.69) is 54.5 Å². The second-order valence-corrected chi connectivity index (χ2v) is 13.3. The number of ketones is 1. The van der Waals surface area contributed by atoms with E-state index in [0.29, 0.717) is 29.0 Å². The first-order valence-electron chi connectivity index (χ1n) is 13.4. The monoisotopic (exact) mass is 428 g/mol. The van der Waals surface area contributed by atoms with Crippen molar-refractivity contribution < 1.29 is 9.90 Å². The summed E-state index contributed by atoms with van der Waals surface area (Å²) >= 11 is 0. The quantitative estimate of drug-likeness (QED) is 0.470. The maximum Gasteiger partial charge on any atom is 0.142 e. The summed E-state index contributed by atoms with van der Waals surface area (Å²) in [5.41, 5.74) is 1.78. The lowest BCUT2D eigenvalue weighted by molar-refractivity contribution is -0.132. The Hall–Kier alpha value is -0.630. The van der Waals surface area contributed by atoms with E-state index in [1.807, 2.05) is 0 Å². The topological polar surface area (TPSA) is 37.3 Å². The molecule has 4 aliphatic carbocycles. The molecule has 8 atom stereocenters. The van der Waals surface area contributed by atoms with E-state index in [1.54, 1.807) is 0 Å². The number of aliphatic hydroxyl groups is 1. The molecule has 4 aliphatic rings. The molecular formula is C29H48O2. The molecule has 0 radical (unpaired) electrons. The standard InChI is InChI=1S/C29H48O2/c1-18(2)8-12-24(30)19(3)21-10-11-22-20-9-13-25-27(4,5)26(31)15-17-29(25,7)23(20)14-16-28(21,22)6/h13,18-24,30H,8-12,14-17H2,1-7H3/t19-,20-,21+,22-,23-,24-,28+,29+/m0/s1. The largest absolute Gasteiger partial charge is 0.393 e. The van der Waals surface area contributed by atoms with Gasteiger partial charge in [0.1, 0.15) is 5.78 Å². The summed E-state index contributed by atoms with van der Waals surface area (Å²) in [6.45, 7) is 16.3. The van der Waals surface area contributed by atoms with E-state index < -0.39 is 0 Å². The molecule has 2 nitrogen and oxygen atoms in total. The third kappa shape index (κ3) is 3.58. The van der Waals surface area contributed by atoms with Crippen molar-refractivity contribution in [3.63, 3.8) is 0 Å². The van der Waals surface area contributed by atoms with Gasteiger partial charge >= 0.3 is 0 Å². The van der Waals surface area contributed by atoms with Gasteiger partial charge in [-0.1, -0.05) is 46.3 Å². The summed E-state index contributed by atoms with van der Waals surface area (Å²) in [5, 5.41) is 11.0. The Morgan fingerprint density at radius 3 is 2.39 bits per heavy atom. The second kappa shape index (κ2) is 8.00. The SMILES string of the molecule is CC(C)CC[C@H](O)[C@@H](C)[C@H]1CC[C@H]2[C@@H]3CC=C4C(C)(C)C(=O)CC[C@]4(C)[C@H]3CC[C@]12C. The van der Waals surface area contributed by atoms with Crippen LogP contribution >= 0.6 is 0 Å². The minimum atomic E-state index is -0.272. The van der Waals surface area contributed by atoms with Gasteiger partial charge < -0.3 is 5.11 Å². The molecular weight excluding hydrogens is 380 g/mol. The smallest absolute Gasteiger partial charge is 0.142 e. The minimum Gasteiger partial charge on any atom is -0.393 e. The first kappa shape index (κ1) is 23.5. The molecule has 2 heteroatoms. The number of carbonyl (C=O) groups is 1. The van der Waals surface area contributed by atoms with Crippen molar-refractivity contribution in [3.05, 3.63) is 11.6 Å². The lowest BCUT2D eigenvalue weighted by atomic mass is 9.44. The van der Waals surface area contributed by atoms with Gasteiger partial charge in [0.05, 0.1) is 6.10 Å². The fraction of sp³-hybridized carbons (Fsp3) is 0.897. The van der Waals surface area contributed by atoms with E-state index in [9.17, 15) is 9.90 Å². The van der Waals surface area contributed by atoms with Crippen molar-refractivity contribution in [3.8, 4) is 0 Å². The van der Waals surface area contributed by atoms with Gasteiger partial charge in [0.25, 0.3) is 0 Å². The van der Waals surface area contributed by atoms with Gasteiger partial charge in [0.2, 0.25) is 0 Å². The molecule has 0 saturated heterocycles. The van der Waals surface area contributed by atoms with Crippen LogP contribution in [0.15, 0.2) is 11.6 Å². The van der Waals surface area contributed by atoms with E-state index >= 15 is 0 Å². The molecule has 0 aromatic heterocycles. The van der Waals surface area contributed by atoms with Crippen LogP contribution in [0.1, 0.15) is 106 Å². The average molecular weight is 429 g/mol. The fourth-order valence-electron chi connectivity index (χ4n) is 9.16.